The zero-order chi connectivity index (χ0) is 16.3. The van der Waals surface area contributed by atoms with E-state index in [-0.39, 0.29) is 0 Å². The van der Waals surface area contributed by atoms with Crippen molar-refractivity contribution in [2.75, 3.05) is 5.32 Å². The Kier molecular flexibility index (Phi) is 7.51. The summed E-state index contributed by atoms with van der Waals surface area (Å²) in [7, 11) is 0. The number of phenolic OH excluding ortho intramolecular Hbond substituents is 1. The van der Waals surface area contributed by atoms with Gasteiger partial charge in [0.15, 0.2) is 0 Å². The molecule has 0 aliphatic heterocycles. The summed E-state index contributed by atoms with van der Waals surface area (Å²) >= 11 is 0. The number of benzene rings is 2. The first-order valence-electron chi connectivity index (χ1n) is 8.90. The van der Waals surface area contributed by atoms with Crippen LogP contribution in [0.1, 0.15) is 56.6 Å². The van der Waals surface area contributed by atoms with Crippen LogP contribution in [0.25, 0.3) is 0 Å². The fourth-order valence-electron chi connectivity index (χ4n) is 2.88. The van der Waals surface area contributed by atoms with Crippen LogP contribution in [0.5, 0.6) is 5.75 Å². The summed E-state index contributed by atoms with van der Waals surface area (Å²) in [4.78, 5) is 0. The Bertz CT molecular complexity index is 580. The molecule has 0 atom stereocenters. The van der Waals surface area contributed by atoms with Crippen molar-refractivity contribution in [2.45, 2.75) is 58.4 Å². The van der Waals surface area contributed by atoms with E-state index in [2.05, 4.69) is 36.5 Å². The summed E-state index contributed by atoms with van der Waals surface area (Å²) in [5.74, 6) is 0.306. The Morgan fingerprint density at radius 1 is 0.783 bits per heavy atom. The van der Waals surface area contributed by atoms with Gasteiger partial charge >= 0.3 is 0 Å². The summed E-state index contributed by atoms with van der Waals surface area (Å²) in [6.07, 6.45) is 9.12. The van der Waals surface area contributed by atoms with Gasteiger partial charge in [0.25, 0.3) is 0 Å². The number of phenols is 1. The van der Waals surface area contributed by atoms with Crippen LogP contribution in [0.4, 0.5) is 5.69 Å². The van der Waals surface area contributed by atoms with Gasteiger partial charge in [-0.05, 0) is 36.1 Å². The van der Waals surface area contributed by atoms with E-state index in [4.69, 9.17) is 0 Å². The molecule has 0 aliphatic carbocycles. The van der Waals surface area contributed by atoms with Crippen LogP contribution < -0.4 is 5.32 Å². The molecular weight excluding hydrogens is 282 g/mol. The molecule has 2 aromatic carbocycles. The van der Waals surface area contributed by atoms with Gasteiger partial charge in [-0.3, -0.25) is 0 Å². The number of hydrogen-bond donors (Lipinski definition) is 2. The van der Waals surface area contributed by atoms with Gasteiger partial charge in [0.2, 0.25) is 0 Å². The Morgan fingerprint density at radius 3 is 2.22 bits per heavy atom. The molecule has 0 aliphatic rings. The number of aryl methyl sites for hydroxylation is 1. The molecule has 0 spiro atoms. The van der Waals surface area contributed by atoms with Crippen LogP contribution in [-0.2, 0) is 13.0 Å². The van der Waals surface area contributed by atoms with Crippen molar-refractivity contribution >= 4 is 5.69 Å². The monoisotopic (exact) mass is 311 g/mol. The Balaban J connectivity index is 1.84. The van der Waals surface area contributed by atoms with Gasteiger partial charge in [-0.15, -0.1) is 0 Å². The number of hydrogen-bond acceptors (Lipinski definition) is 2. The van der Waals surface area contributed by atoms with Gasteiger partial charge in [-0.2, -0.15) is 0 Å². The fourth-order valence-corrected chi connectivity index (χ4v) is 2.88. The van der Waals surface area contributed by atoms with E-state index in [0.717, 1.165) is 18.7 Å². The lowest BCUT2D eigenvalue weighted by Gasteiger charge is -2.12. The van der Waals surface area contributed by atoms with Crippen LogP contribution in [0, 0.1) is 0 Å². The predicted molar refractivity (Wildman–Crippen MR) is 99.0 cm³/mol. The largest absolute Gasteiger partial charge is 0.506 e. The fraction of sp³-hybridized carbons (Fsp3) is 0.429. The topological polar surface area (TPSA) is 32.3 Å². The third-order valence-corrected chi connectivity index (χ3v) is 4.29. The molecule has 0 heterocycles. The smallest absolute Gasteiger partial charge is 0.138 e. The normalized spacial score (nSPS) is 10.7. The molecule has 23 heavy (non-hydrogen) atoms. The molecule has 2 aromatic rings. The predicted octanol–water partition coefficient (Wildman–Crippen LogP) is 5.91. The van der Waals surface area contributed by atoms with Gasteiger partial charge in [0, 0.05) is 6.54 Å². The number of para-hydroxylation sites is 2. The molecule has 0 radical (unpaired) electrons. The maximum atomic E-state index is 9.84. The molecule has 2 heteroatoms. The highest BCUT2D eigenvalue weighted by atomic mass is 16.3. The Labute approximate surface area is 140 Å². The van der Waals surface area contributed by atoms with Gasteiger partial charge in [0.1, 0.15) is 5.75 Å². The zero-order valence-electron chi connectivity index (χ0n) is 14.2. The highest BCUT2D eigenvalue weighted by molar-refractivity contribution is 5.55. The van der Waals surface area contributed by atoms with Gasteiger partial charge in [-0.25, -0.2) is 0 Å². The van der Waals surface area contributed by atoms with Crippen LogP contribution in [0.15, 0.2) is 48.5 Å². The minimum absolute atomic E-state index is 0.306. The van der Waals surface area contributed by atoms with E-state index < -0.39 is 0 Å². The number of aromatic hydroxyl groups is 1. The van der Waals surface area contributed by atoms with Gasteiger partial charge in [-0.1, -0.05) is 75.4 Å². The Morgan fingerprint density at radius 2 is 1.43 bits per heavy atom. The maximum Gasteiger partial charge on any atom is 0.138 e. The first-order valence-corrected chi connectivity index (χ1v) is 8.90. The molecule has 0 saturated heterocycles. The molecule has 0 saturated carbocycles. The number of anilines is 1. The van der Waals surface area contributed by atoms with Crippen LogP contribution in [-0.4, -0.2) is 5.11 Å². The van der Waals surface area contributed by atoms with Gasteiger partial charge in [0.05, 0.1) is 5.69 Å². The van der Waals surface area contributed by atoms with Crippen molar-refractivity contribution in [2.24, 2.45) is 0 Å². The average molecular weight is 311 g/mol. The van der Waals surface area contributed by atoms with Gasteiger partial charge < -0.3 is 10.4 Å². The minimum Gasteiger partial charge on any atom is -0.506 e. The third-order valence-electron chi connectivity index (χ3n) is 4.29. The molecule has 0 bridgehead atoms. The lowest BCUT2D eigenvalue weighted by Crippen LogP contribution is -2.03. The van der Waals surface area contributed by atoms with Crippen LogP contribution in [0.3, 0.4) is 0 Å². The number of rotatable bonds is 10. The van der Waals surface area contributed by atoms with Crippen molar-refractivity contribution in [3.8, 4) is 5.75 Å². The molecule has 124 valence electrons. The van der Waals surface area contributed by atoms with Crippen molar-refractivity contribution in [1.29, 1.82) is 0 Å². The zero-order valence-corrected chi connectivity index (χ0v) is 14.2. The maximum absolute atomic E-state index is 9.84. The van der Waals surface area contributed by atoms with Crippen molar-refractivity contribution in [3.05, 3.63) is 59.7 Å². The summed E-state index contributed by atoms with van der Waals surface area (Å²) in [6.45, 7) is 3.01. The van der Waals surface area contributed by atoms with E-state index >= 15 is 0 Å². The van der Waals surface area contributed by atoms with Crippen LogP contribution >= 0.6 is 0 Å². The highest BCUT2D eigenvalue weighted by Crippen LogP contribution is 2.23. The first-order chi connectivity index (χ1) is 11.3. The molecule has 2 N–H and O–H groups in total. The molecule has 0 fully saturated rings. The molecule has 0 amide bonds. The van der Waals surface area contributed by atoms with Crippen LogP contribution in [0.2, 0.25) is 0 Å². The van der Waals surface area contributed by atoms with E-state index in [1.807, 2.05) is 18.2 Å². The number of nitrogens with one attached hydrogen (secondary N) is 1. The summed E-state index contributed by atoms with van der Waals surface area (Å²) in [5.41, 5.74) is 3.54. The quantitative estimate of drug-likeness (QED) is 0.422. The second-order valence-electron chi connectivity index (χ2n) is 6.16. The molecule has 2 nitrogen and oxygen atoms in total. The summed E-state index contributed by atoms with van der Waals surface area (Å²) < 4.78 is 0. The minimum atomic E-state index is 0.306. The second kappa shape index (κ2) is 9.94. The van der Waals surface area contributed by atoms with E-state index in [1.165, 1.54) is 49.7 Å². The van der Waals surface area contributed by atoms with Crippen molar-refractivity contribution < 1.29 is 5.11 Å². The molecule has 0 aromatic heterocycles. The van der Waals surface area contributed by atoms with Crippen molar-refractivity contribution in [3.63, 3.8) is 0 Å². The number of unbranched alkanes of at least 4 members (excludes halogenated alkanes) is 5. The summed E-state index contributed by atoms with van der Waals surface area (Å²) in [5, 5.41) is 13.2. The van der Waals surface area contributed by atoms with E-state index in [9.17, 15) is 5.11 Å². The second-order valence-corrected chi connectivity index (χ2v) is 6.16. The van der Waals surface area contributed by atoms with Crippen molar-refractivity contribution in [1.82, 2.24) is 0 Å². The Hall–Kier alpha value is -1.96. The van der Waals surface area contributed by atoms with E-state index in [1.54, 1.807) is 6.07 Å². The average Bonchev–Trinajstić information content (AvgIpc) is 2.58. The SMILES string of the molecule is CCCCCCCCc1ccccc1CNc1ccccc1O. The third kappa shape index (κ3) is 5.97. The first kappa shape index (κ1) is 17.4. The standard InChI is InChI=1S/C21H29NO/c1-2-3-4-5-6-7-12-18-13-8-9-14-19(18)17-22-20-15-10-11-16-21(20)23/h8-11,13-16,22-23H,2-7,12,17H2,1H3. The highest BCUT2D eigenvalue weighted by Gasteiger charge is 2.04. The lowest BCUT2D eigenvalue weighted by molar-refractivity contribution is 0.477. The lowest BCUT2D eigenvalue weighted by atomic mass is 10.0. The van der Waals surface area contributed by atoms with E-state index in [0.29, 0.717) is 5.75 Å². The molecule has 2 rings (SSSR count). The summed E-state index contributed by atoms with van der Waals surface area (Å²) in [6, 6.07) is 16.0. The molecular formula is C21H29NO. The molecule has 0 unspecified atom stereocenters.